The van der Waals surface area contributed by atoms with Gasteiger partial charge in [0.15, 0.2) is 11.6 Å². The molecule has 128 valence electrons. The average Bonchev–Trinajstić information content (AvgIpc) is 3.21. The number of ketones is 2. The van der Waals surface area contributed by atoms with Gasteiger partial charge in [-0.05, 0) is 42.5 Å². The van der Waals surface area contributed by atoms with E-state index < -0.39 is 0 Å². The number of benzene rings is 2. The lowest BCUT2D eigenvalue weighted by Crippen LogP contribution is -2.08. The number of aromatic nitrogens is 1. The Morgan fingerprint density at radius 1 is 0.808 bits per heavy atom. The van der Waals surface area contributed by atoms with Gasteiger partial charge in [-0.1, -0.05) is 24.3 Å². The molecule has 4 nitrogen and oxygen atoms in total. The number of carbonyl (C=O) groups excluding carboxylic acids is 2. The zero-order valence-corrected chi connectivity index (χ0v) is 14.6. The molecule has 4 rings (SSSR count). The number of allylic oxidation sites excluding steroid dienone is 1. The van der Waals surface area contributed by atoms with Crippen LogP contribution in [0, 0.1) is 0 Å². The summed E-state index contributed by atoms with van der Waals surface area (Å²) in [5.74, 6) is -0.414. The van der Waals surface area contributed by atoms with E-state index in [1.807, 2.05) is 66.2 Å². The van der Waals surface area contributed by atoms with Gasteiger partial charge in [-0.15, -0.1) is 0 Å². The molecule has 0 saturated carbocycles. The number of anilines is 1. The first-order chi connectivity index (χ1) is 12.6. The van der Waals surface area contributed by atoms with E-state index in [4.69, 9.17) is 0 Å². The average molecular weight is 342 g/mol. The summed E-state index contributed by atoms with van der Waals surface area (Å²) >= 11 is 0. The third kappa shape index (κ3) is 2.56. The van der Waals surface area contributed by atoms with E-state index >= 15 is 0 Å². The van der Waals surface area contributed by atoms with Crippen LogP contribution in [0.3, 0.4) is 0 Å². The van der Waals surface area contributed by atoms with Crippen LogP contribution in [0.1, 0.15) is 26.4 Å². The van der Waals surface area contributed by atoms with Crippen LogP contribution < -0.4 is 4.90 Å². The minimum absolute atomic E-state index is 0.207. The molecule has 0 radical (unpaired) electrons. The van der Waals surface area contributed by atoms with Gasteiger partial charge in [0.2, 0.25) is 0 Å². The van der Waals surface area contributed by atoms with Crippen molar-refractivity contribution in [2.45, 2.75) is 0 Å². The van der Waals surface area contributed by atoms with Gasteiger partial charge in [-0.2, -0.15) is 0 Å². The normalized spacial score (nSPS) is 13.1. The van der Waals surface area contributed by atoms with Crippen LogP contribution in [0.4, 0.5) is 5.69 Å². The molecule has 3 aromatic rings. The fourth-order valence-corrected chi connectivity index (χ4v) is 3.21. The molecule has 0 amide bonds. The third-order valence-corrected chi connectivity index (χ3v) is 4.62. The van der Waals surface area contributed by atoms with E-state index in [2.05, 4.69) is 0 Å². The second kappa shape index (κ2) is 6.15. The van der Waals surface area contributed by atoms with Crippen LogP contribution in [0.2, 0.25) is 0 Å². The van der Waals surface area contributed by atoms with Crippen molar-refractivity contribution in [2.24, 2.45) is 0 Å². The molecule has 1 aromatic heterocycles. The first kappa shape index (κ1) is 16.1. The first-order valence-corrected chi connectivity index (χ1v) is 8.41. The Morgan fingerprint density at radius 2 is 1.42 bits per heavy atom. The maximum absolute atomic E-state index is 12.6. The summed E-state index contributed by atoms with van der Waals surface area (Å²) in [6.07, 6.45) is 3.61. The molecule has 26 heavy (non-hydrogen) atoms. The van der Waals surface area contributed by atoms with Gasteiger partial charge >= 0.3 is 0 Å². The maximum Gasteiger partial charge on any atom is 0.197 e. The molecule has 0 saturated heterocycles. The largest absolute Gasteiger partial charge is 0.378 e. The van der Waals surface area contributed by atoms with E-state index in [1.165, 1.54) is 0 Å². The SMILES string of the molecule is CN(C)c1ccc(-n2cccc2C=C2C(=O)c3ccccc3C2=O)cc1. The van der Waals surface area contributed by atoms with Crippen molar-refractivity contribution in [3.63, 3.8) is 0 Å². The van der Waals surface area contributed by atoms with Crippen molar-refractivity contribution in [3.05, 3.63) is 89.3 Å². The molecular weight excluding hydrogens is 324 g/mol. The fourth-order valence-electron chi connectivity index (χ4n) is 3.21. The molecule has 4 heteroatoms. The number of carbonyl (C=O) groups is 2. The Morgan fingerprint density at radius 3 is 2.00 bits per heavy atom. The lowest BCUT2D eigenvalue weighted by atomic mass is 10.1. The summed E-state index contributed by atoms with van der Waals surface area (Å²) < 4.78 is 1.97. The quantitative estimate of drug-likeness (QED) is 0.534. The van der Waals surface area contributed by atoms with Crippen LogP contribution in [0.15, 0.2) is 72.4 Å². The topological polar surface area (TPSA) is 42.3 Å². The summed E-state index contributed by atoms with van der Waals surface area (Å²) in [6, 6.07) is 18.9. The summed E-state index contributed by atoms with van der Waals surface area (Å²) in [7, 11) is 3.99. The predicted octanol–water partition coefficient (Wildman–Crippen LogP) is 4.01. The Hall–Kier alpha value is -3.40. The van der Waals surface area contributed by atoms with Crippen LogP contribution in [-0.4, -0.2) is 30.2 Å². The highest BCUT2D eigenvalue weighted by Gasteiger charge is 2.32. The van der Waals surface area contributed by atoms with Gasteiger partial charge < -0.3 is 9.47 Å². The number of fused-ring (bicyclic) bond motifs is 1. The zero-order chi connectivity index (χ0) is 18.3. The minimum Gasteiger partial charge on any atom is -0.378 e. The Bertz CT molecular complexity index is 1000. The molecule has 0 unspecified atom stereocenters. The van der Waals surface area contributed by atoms with Gasteiger partial charge in [0.25, 0.3) is 0 Å². The Balaban J connectivity index is 1.73. The summed E-state index contributed by atoms with van der Waals surface area (Å²) in [6.45, 7) is 0. The van der Waals surface area contributed by atoms with Crippen molar-refractivity contribution in [2.75, 3.05) is 19.0 Å². The molecule has 1 aliphatic carbocycles. The van der Waals surface area contributed by atoms with Crippen molar-refractivity contribution < 1.29 is 9.59 Å². The van der Waals surface area contributed by atoms with Crippen molar-refractivity contribution in [1.29, 1.82) is 0 Å². The number of hydrogen-bond donors (Lipinski definition) is 0. The highest BCUT2D eigenvalue weighted by molar-refractivity contribution is 6.41. The van der Waals surface area contributed by atoms with E-state index in [9.17, 15) is 9.59 Å². The lowest BCUT2D eigenvalue weighted by Gasteiger charge is -2.13. The molecule has 0 fully saturated rings. The van der Waals surface area contributed by atoms with Gasteiger partial charge in [-0.25, -0.2) is 0 Å². The molecular formula is C22H18N2O2. The van der Waals surface area contributed by atoms with Crippen LogP contribution in [0.25, 0.3) is 11.8 Å². The van der Waals surface area contributed by atoms with Gasteiger partial charge in [0.1, 0.15) is 0 Å². The van der Waals surface area contributed by atoms with Gasteiger partial charge in [0.05, 0.1) is 5.57 Å². The van der Waals surface area contributed by atoms with Crippen molar-refractivity contribution in [1.82, 2.24) is 4.57 Å². The smallest absolute Gasteiger partial charge is 0.197 e. The minimum atomic E-state index is -0.207. The molecule has 1 heterocycles. The number of hydrogen-bond acceptors (Lipinski definition) is 3. The summed E-state index contributed by atoms with van der Waals surface area (Å²) in [4.78, 5) is 27.2. The second-order valence-electron chi connectivity index (χ2n) is 6.48. The number of Topliss-reactive ketones (excluding diaryl/α,β-unsaturated/α-hetero) is 2. The van der Waals surface area contributed by atoms with Crippen molar-refractivity contribution in [3.8, 4) is 5.69 Å². The number of rotatable bonds is 3. The molecule has 2 aromatic carbocycles. The monoisotopic (exact) mass is 342 g/mol. The van der Waals surface area contributed by atoms with E-state index in [-0.39, 0.29) is 17.1 Å². The highest BCUT2D eigenvalue weighted by Crippen LogP contribution is 2.28. The first-order valence-electron chi connectivity index (χ1n) is 8.41. The van der Waals surface area contributed by atoms with E-state index in [0.717, 1.165) is 17.1 Å². The Labute approximate surface area is 152 Å². The molecule has 0 aliphatic heterocycles. The maximum atomic E-state index is 12.6. The van der Waals surface area contributed by atoms with E-state index in [1.54, 1.807) is 30.3 Å². The summed E-state index contributed by atoms with van der Waals surface area (Å²) in [5.41, 5.74) is 4.07. The fraction of sp³-hybridized carbons (Fsp3) is 0.0909. The molecule has 0 N–H and O–H groups in total. The van der Waals surface area contributed by atoms with Crippen molar-refractivity contribution >= 4 is 23.3 Å². The molecule has 0 atom stereocenters. The standard InChI is InChI=1S/C22H18N2O2/c1-23(2)15-9-11-16(12-10-15)24-13-5-6-17(24)14-20-21(25)18-7-3-4-8-19(18)22(20)26/h3-14H,1-2H3. The number of nitrogens with zero attached hydrogens (tertiary/aromatic N) is 2. The molecule has 0 bridgehead atoms. The molecule has 0 spiro atoms. The van der Waals surface area contributed by atoms with Crippen LogP contribution >= 0.6 is 0 Å². The Kier molecular flexibility index (Phi) is 3.81. The lowest BCUT2D eigenvalue weighted by molar-refractivity contribution is 0.0990. The summed E-state index contributed by atoms with van der Waals surface area (Å²) in [5, 5.41) is 0. The predicted molar refractivity (Wildman–Crippen MR) is 103 cm³/mol. The van der Waals surface area contributed by atoms with Crippen LogP contribution in [-0.2, 0) is 0 Å². The van der Waals surface area contributed by atoms with E-state index in [0.29, 0.717) is 11.1 Å². The second-order valence-corrected chi connectivity index (χ2v) is 6.48. The van der Waals surface area contributed by atoms with Gasteiger partial charge in [0, 0.05) is 48.5 Å². The molecule has 1 aliphatic rings. The zero-order valence-electron chi connectivity index (χ0n) is 14.6. The van der Waals surface area contributed by atoms with Crippen LogP contribution in [0.5, 0.6) is 0 Å². The highest BCUT2D eigenvalue weighted by atomic mass is 16.2. The third-order valence-electron chi connectivity index (χ3n) is 4.62. The van der Waals surface area contributed by atoms with Gasteiger partial charge in [-0.3, -0.25) is 9.59 Å².